The molecular weight excluding hydrogens is 273 g/mol. The molecule has 86 valence electrons. The summed E-state index contributed by atoms with van der Waals surface area (Å²) in [5.41, 5.74) is 0.273. The standard InChI is InChI=1S/C12H13BrFNO/c1-12(5-2-6-12)15-11(16)8-3-4-9(13)10(14)7-8/h3-4,7H,2,5-6H2,1H3,(H,15,16). The molecule has 1 aliphatic carbocycles. The molecule has 0 atom stereocenters. The van der Waals surface area contributed by atoms with Crippen LogP contribution in [0.2, 0.25) is 0 Å². The van der Waals surface area contributed by atoms with Crippen molar-refractivity contribution in [3.63, 3.8) is 0 Å². The molecule has 0 spiro atoms. The zero-order valence-corrected chi connectivity index (χ0v) is 10.6. The Labute approximate surface area is 102 Å². The summed E-state index contributed by atoms with van der Waals surface area (Å²) in [6, 6.07) is 4.42. The fraction of sp³-hybridized carbons (Fsp3) is 0.417. The predicted octanol–water partition coefficient (Wildman–Crippen LogP) is 3.26. The van der Waals surface area contributed by atoms with Gasteiger partial charge in [0.15, 0.2) is 0 Å². The van der Waals surface area contributed by atoms with Gasteiger partial charge in [0, 0.05) is 11.1 Å². The van der Waals surface area contributed by atoms with Crippen LogP contribution in [-0.2, 0) is 0 Å². The Morgan fingerprint density at radius 2 is 2.19 bits per heavy atom. The molecule has 0 heterocycles. The topological polar surface area (TPSA) is 29.1 Å². The largest absolute Gasteiger partial charge is 0.347 e. The van der Waals surface area contributed by atoms with Crippen molar-refractivity contribution in [3.8, 4) is 0 Å². The fourth-order valence-electron chi connectivity index (χ4n) is 1.82. The second-order valence-electron chi connectivity index (χ2n) is 4.50. The first-order valence-electron chi connectivity index (χ1n) is 5.28. The third kappa shape index (κ3) is 2.26. The summed E-state index contributed by atoms with van der Waals surface area (Å²) in [5.74, 6) is -0.611. The highest BCUT2D eigenvalue weighted by Crippen LogP contribution is 2.31. The van der Waals surface area contributed by atoms with Gasteiger partial charge >= 0.3 is 0 Å². The first kappa shape index (κ1) is 11.6. The highest BCUT2D eigenvalue weighted by atomic mass is 79.9. The van der Waals surface area contributed by atoms with E-state index in [-0.39, 0.29) is 11.4 Å². The maximum absolute atomic E-state index is 13.2. The molecule has 16 heavy (non-hydrogen) atoms. The first-order chi connectivity index (χ1) is 7.50. The number of carbonyl (C=O) groups is 1. The van der Waals surface area contributed by atoms with Crippen LogP contribution in [0.15, 0.2) is 22.7 Å². The number of amides is 1. The van der Waals surface area contributed by atoms with Gasteiger partial charge in [0.2, 0.25) is 0 Å². The molecule has 1 N–H and O–H groups in total. The van der Waals surface area contributed by atoms with Gasteiger partial charge in [-0.2, -0.15) is 0 Å². The van der Waals surface area contributed by atoms with Crippen molar-refractivity contribution < 1.29 is 9.18 Å². The highest BCUT2D eigenvalue weighted by molar-refractivity contribution is 9.10. The Morgan fingerprint density at radius 1 is 1.50 bits per heavy atom. The molecular formula is C12H13BrFNO. The number of halogens is 2. The summed E-state index contributed by atoms with van der Waals surface area (Å²) in [7, 11) is 0. The summed E-state index contributed by atoms with van der Waals surface area (Å²) in [6.07, 6.45) is 3.14. The summed E-state index contributed by atoms with van der Waals surface area (Å²) in [5, 5.41) is 2.93. The number of rotatable bonds is 2. The molecule has 1 aromatic carbocycles. The number of benzene rings is 1. The molecule has 0 radical (unpaired) electrons. The minimum absolute atomic E-state index is 0.0966. The molecule has 0 saturated heterocycles. The minimum atomic E-state index is -0.411. The van der Waals surface area contributed by atoms with Crippen molar-refractivity contribution in [2.75, 3.05) is 0 Å². The molecule has 2 rings (SSSR count). The molecule has 1 amide bonds. The zero-order valence-electron chi connectivity index (χ0n) is 9.02. The second-order valence-corrected chi connectivity index (χ2v) is 5.35. The smallest absolute Gasteiger partial charge is 0.251 e. The molecule has 1 aromatic rings. The fourth-order valence-corrected chi connectivity index (χ4v) is 2.06. The molecule has 2 nitrogen and oxygen atoms in total. The van der Waals surface area contributed by atoms with Gasteiger partial charge in [-0.1, -0.05) is 0 Å². The monoisotopic (exact) mass is 285 g/mol. The van der Waals surface area contributed by atoms with E-state index in [2.05, 4.69) is 21.2 Å². The van der Waals surface area contributed by atoms with E-state index in [1.54, 1.807) is 12.1 Å². The van der Waals surface area contributed by atoms with E-state index in [1.807, 2.05) is 6.92 Å². The molecule has 1 saturated carbocycles. The molecule has 0 bridgehead atoms. The maximum Gasteiger partial charge on any atom is 0.251 e. The lowest BCUT2D eigenvalue weighted by Gasteiger charge is -2.39. The van der Waals surface area contributed by atoms with Crippen LogP contribution in [0.1, 0.15) is 36.5 Å². The first-order valence-corrected chi connectivity index (χ1v) is 6.07. The van der Waals surface area contributed by atoms with E-state index < -0.39 is 5.82 Å². The van der Waals surface area contributed by atoms with Gasteiger partial charge in [0.1, 0.15) is 5.82 Å². The van der Waals surface area contributed by atoms with Crippen LogP contribution in [0.4, 0.5) is 4.39 Å². The van der Waals surface area contributed by atoms with Crippen molar-refractivity contribution in [3.05, 3.63) is 34.1 Å². The number of hydrogen-bond donors (Lipinski definition) is 1. The van der Waals surface area contributed by atoms with Crippen molar-refractivity contribution in [2.24, 2.45) is 0 Å². The van der Waals surface area contributed by atoms with E-state index in [0.717, 1.165) is 19.3 Å². The lowest BCUT2D eigenvalue weighted by atomic mass is 9.78. The van der Waals surface area contributed by atoms with Gasteiger partial charge in [-0.05, 0) is 60.3 Å². The molecule has 0 unspecified atom stereocenters. The van der Waals surface area contributed by atoms with Crippen molar-refractivity contribution >= 4 is 21.8 Å². The van der Waals surface area contributed by atoms with Gasteiger partial charge in [-0.3, -0.25) is 4.79 Å². The molecule has 4 heteroatoms. The van der Waals surface area contributed by atoms with Gasteiger partial charge in [0.05, 0.1) is 4.47 Å². The number of hydrogen-bond acceptors (Lipinski definition) is 1. The van der Waals surface area contributed by atoms with Gasteiger partial charge < -0.3 is 5.32 Å². The summed E-state index contributed by atoms with van der Waals surface area (Å²) in [4.78, 5) is 11.8. The zero-order chi connectivity index (χ0) is 11.8. The van der Waals surface area contributed by atoms with Crippen LogP contribution >= 0.6 is 15.9 Å². The number of carbonyl (C=O) groups excluding carboxylic acids is 1. The number of nitrogens with one attached hydrogen (secondary N) is 1. The Kier molecular flexibility index (Phi) is 3.02. The molecule has 0 aliphatic heterocycles. The van der Waals surface area contributed by atoms with Crippen molar-refractivity contribution in [1.29, 1.82) is 0 Å². The minimum Gasteiger partial charge on any atom is -0.347 e. The second kappa shape index (κ2) is 4.17. The van der Waals surface area contributed by atoms with Crippen LogP contribution in [0.3, 0.4) is 0 Å². The van der Waals surface area contributed by atoms with Crippen LogP contribution < -0.4 is 5.32 Å². The maximum atomic E-state index is 13.2. The molecule has 1 fully saturated rings. The van der Waals surface area contributed by atoms with Gasteiger partial charge in [0.25, 0.3) is 5.91 Å². The Hall–Kier alpha value is -0.900. The van der Waals surface area contributed by atoms with E-state index in [9.17, 15) is 9.18 Å². The lowest BCUT2D eigenvalue weighted by Crippen LogP contribution is -2.50. The van der Waals surface area contributed by atoms with Crippen molar-refractivity contribution in [2.45, 2.75) is 31.7 Å². The van der Waals surface area contributed by atoms with Crippen LogP contribution in [0, 0.1) is 5.82 Å². The summed E-state index contributed by atoms with van der Waals surface area (Å²) < 4.78 is 13.6. The van der Waals surface area contributed by atoms with E-state index in [0.29, 0.717) is 10.0 Å². The third-order valence-electron chi connectivity index (χ3n) is 3.05. The lowest BCUT2D eigenvalue weighted by molar-refractivity contribution is 0.0850. The van der Waals surface area contributed by atoms with Gasteiger partial charge in [-0.15, -0.1) is 0 Å². The SMILES string of the molecule is CC1(NC(=O)c2ccc(Br)c(F)c2)CCC1. The average Bonchev–Trinajstić information content (AvgIpc) is 2.19. The van der Waals surface area contributed by atoms with Crippen LogP contribution in [0.5, 0.6) is 0 Å². The third-order valence-corrected chi connectivity index (χ3v) is 3.70. The van der Waals surface area contributed by atoms with E-state index in [1.165, 1.54) is 6.07 Å². The van der Waals surface area contributed by atoms with E-state index >= 15 is 0 Å². The normalized spacial score (nSPS) is 17.7. The Morgan fingerprint density at radius 3 is 2.69 bits per heavy atom. The Balaban J connectivity index is 2.11. The summed E-state index contributed by atoms with van der Waals surface area (Å²) in [6.45, 7) is 2.02. The highest BCUT2D eigenvalue weighted by Gasteiger charge is 2.33. The van der Waals surface area contributed by atoms with Crippen LogP contribution in [0.25, 0.3) is 0 Å². The van der Waals surface area contributed by atoms with E-state index in [4.69, 9.17) is 0 Å². The predicted molar refractivity (Wildman–Crippen MR) is 63.8 cm³/mol. The van der Waals surface area contributed by atoms with Crippen molar-refractivity contribution in [1.82, 2.24) is 5.32 Å². The molecule has 0 aromatic heterocycles. The Bertz CT molecular complexity index is 429. The van der Waals surface area contributed by atoms with Crippen LogP contribution in [-0.4, -0.2) is 11.4 Å². The van der Waals surface area contributed by atoms with Gasteiger partial charge in [-0.25, -0.2) is 4.39 Å². The average molecular weight is 286 g/mol. The molecule has 1 aliphatic rings. The summed E-state index contributed by atoms with van der Waals surface area (Å²) >= 11 is 3.06. The quantitative estimate of drug-likeness (QED) is 0.888.